The summed E-state index contributed by atoms with van der Waals surface area (Å²) in [4.78, 5) is 39.6. The van der Waals surface area contributed by atoms with Gasteiger partial charge in [-0.15, -0.1) is 0 Å². The minimum Gasteiger partial charge on any atom is -0.273 e. The number of hydrogen-bond donors (Lipinski definition) is 1. The second-order valence-electron chi connectivity index (χ2n) is 5.05. The SMILES string of the molecule is CCc1ncnc(CC)c1-n1c(=O)[nH]c(=O)c2cc(Cl)c(Cl)nc21. The summed E-state index contributed by atoms with van der Waals surface area (Å²) in [5, 5.41) is 0.309. The third kappa shape index (κ3) is 2.59. The van der Waals surface area contributed by atoms with Gasteiger partial charge in [0.05, 0.1) is 27.5 Å². The van der Waals surface area contributed by atoms with Crippen LogP contribution in [0.2, 0.25) is 10.2 Å². The highest BCUT2D eigenvalue weighted by Crippen LogP contribution is 2.25. The van der Waals surface area contributed by atoms with Gasteiger partial charge in [-0.05, 0) is 18.9 Å². The number of hydrogen-bond acceptors (Lipinski definition) is 5. The molecule has 0 aliphatic carbocycles. The molecule has 0 saturated carbocycles. The van der Waals surface area contributed by atoms with Crippen molar-refractivity contribution in [3.63, 3.8) is 0 Å². The van der Waals surface area contributed by atoms with Gasteiger partial charge >= 0.3 is 5.69 Å². The number of nitrogens with one attached hydrogen (secondary N) is 1. The van der Waals surface area contributed by atoms with Crippen molar-refractivity contribution in [1.82, 2.24) is 24.5 Å². The van der Waals surface area contributed by atoms with Crippen molar-refractivity contribution < 1.29 is 0 Å². The normalized spacial score (nSPS) is 11.2. The van der Waals surface area contributed by atoms with Gasteiger partial charge in [-0.1, -0.05) is 37.0 Å². The largest absolute Gasteiger partial charge is 0.334 e. The number of aromatic amines is 1. The van der Waals surface area contributed by atoms with Crippen LogP contribution >= 0.6 is 23.2 Å². The van der Waals surface area contributed by atoms with Crippen LogP contribution in [0.15, 0.2) is 22.0 Å². The van der Waals surface area contributed by atoms with E-state index >= 15 is 0 Å². The van der Waals surface area contributed by atoms with Crippen LogP contribution in [0, 0.1) is 0 Å². The molecular formula is C15H13Cl2N5O2. The minimum absolute atomic E-state index is 0.0101. The van der Waals surface area contributed by atoms with Gasteiger partial charge in [0.25, 0.3) is 5.56 Å². The van der Waals surface area contributed by atoms with Gasteiger partial charge in [-0.2, -0.15) is 0 Å². The lowest BCUT2D eigenvalue weighted by atomic mass is 10.1. The fraction of sp³-hybridized carbons (Fsp3) is 0.267. The predicted octanol–water partition coefficient (Wildman–Crippen LogP) is 2.30. The molecule has 3 heterocycles. The van der Waals surface area contributed by atoms with Gasteiger partial charge < -0.3 is 0 Å². The zero-order chi connectivity index (χ0) is 17.4. The van der Waals surface area contributed by atoms with Crippen molar-refractivity contribution in [2.45, 2.75) is 26.7 Å². The van der Waals surface area contributed by atoms with E-state index in [0.717, 1.165) is 0 Å². The highest BCUT2D eigenvalue weighted by atomic mass is 35.5. The Morgan fingerprint density at radius 1 is 1.12 bits per heavy atom. The van der Waals surface area contributed by atoms with E-state index < -0.39 is 11.2 Å². The molecule has 0 radical (unpaired) electrons. The number of halogens is 2. The molecule has 24 heavy (non-hydrogen) atoms. The number of aromatic nitrogens is 5. The lowest BCUT2D eigenvalue weighted by molar-refractivity contribution is 0.837. The molecule has 0 aliphatic heterocycles. The molecule has 0 atom stereocenters. The molecule has 0 aromatic carbocycles. The van der Waals surface area contributed by atoms with Gasteiger partial charge in [0.15, 0.2) is 5.65 Å². The highest BCUT2D eigenvalue weighted by Gasteiger charge is 2.19. The van der Waals surface area contributed by atoms with E-state index in [9.17, 15) is 9.59 Å². The van der Waals surface area contributed by atoms with Crippen LogP contribution in [0.25, 0.3) is 16.7 Å². The smallest absolute Gasteiger partial charge is 0.273 e. The first kappa shape index (κ1) is 16.6. The molecule has 7 nitrogen and oxygen atoms in total. The van der Waals surface area contributed by atoms with Gasteiger partial charge in [0, 0.05) is 0 Å². The molecular weight excluding hydrogens is 353 g/mol. The van der Waals surface area contributed by atoms with E-state index in [1.165, 1.54) is 17.0 Å². The number of pyridine rings is 1. The molecule has 0 fully saturated rings. The molecule has 0 bridgehead atoms. The zero-order valence-corrected chi connectivity index (χ0v) is 14.4. The highest BCUT2D eigenvalue weighted by molar-refractivity contribution is 6.41. The van der Waals surface area contributed by atoms with Gasteiger partial charge in [0.2, 0.25) is 0 Å². The maximum atomic E-state index is 12.5. The van der Waals surface area contributed by atoms with Gasteiger partial charge in [0.1, 0.15) is 11.5 Å². The van der Waals surface area contributed by atoms with E-state index in [2.05, 4.69) is 19.9 Å². The van der Waals surface area contributed by atoms with Crippen molar-refractivity contribution in [3.05, 3.63) is 54.8 Å². The van der Waals surface area contributed by atoms with E-state index in [1.807, 2.05) is 13.8 Å². The second-order valence-corrected chi connectivity index (χ2v) is 5.81. The summed E-state index contributed by atoms with van der Waals surface area (Å²) in [6.07, 6.45) is 2.62. The first-order valence-corrected chi connectivity index (χ1v) is 8.07. The van der Waals surface area contributed by atoms with Crippen LogP contribution in [-0.4, -0.2) is 24.5 Å². The number of rotatable bonds is 3. The molecule has 0 spiro atoms. The molecule has 1 N–H and O–H groups in total. The van der Waals surface area contributed by atoms with E-state index in [1.54, 1.807) is 0 Å². The van der Waals surface area contributed by atoms with Crippen molar-refractivity contribution >= 4 is 34.2 Å². The number of nitrogens with zero attached hydrogens (tertiary/aromatic N) is 4. The van der Waals surface area contributed by atoms with Gasteiger partial charge in [-0.3, -0.25) is 9.78 Å². The van der Waals surface area contributed by atoms with Crippen LogP contribution in [0.3, 0.4) is 0 Å². The molecule has 3 rings (SSSR count). The van der Waals surface area contributed by atoms with Crippen molar-refractivity contribution in [2.24, 2.45) is 0 Å². The Kier molecular flexibility index (Phi) is 4.38. The summed E-state index contributed by atoms with van der Waals surface area (Å²) in [7, 11) is 0. The Hall–Kier alpha value is -2.25. The lowest BCUT2D eigenvalue weighted by Crippen LogP contribution is -2.31. The lowest BCUT2D eigenvalue weighted by Gasteiger charge is -2.15. The van der Waals surface area contributed by atoms with Gasteiger partial charge in [-0.25, -0.2) is 24.3 Å². The summed E-state index contributed by atoms with van der Waals surface area (Å²) < 4.78 is 1.29. The summed E-state index contributed by atoms with van der Waals surface area (Å²) in [6.45, 7) is 3.84. The molecule has 0 saturated heterocycles. The Labute approximate surface area is 146 Å². The zero-order valence-electron chi connectivity index (χ0n) is 12.9. The van der Waals surface area contributed by atoms with Crippen LogP contribution in [-0.2, 0) is 12.8 Å². The Morgan fingerprint density at radius 2 is 1.75 bits per heavy atom. The molecule has 0 aliphatic rings. The van der Waals surface area contributed by atoms with E-state index in [0.29, 0.717) is 29.9 Å². The second kappa shape index (κ2) is 6.33. The number of fused-ring (bicyclic) bond motifs is 1. The minimum atomic E-state index is -0.627. The summed E-state index contributed by atoms with van der Waals surface area (Å²) in [6, 6.07) is 1.39. The quantitative estimate of drug-likeness (QED) is 0.718. The number of aryl methyl sites for hydroxylation is 2. The summed E-state index contributed by atoms with van der Waals surface area (Å²) in [5.74, 6) is 0. The Balaban J connectivity index is 2.55. The maximum absolute atomic E-state index is 12.5. The van der Waals surface area contributed by atoms with Crippen molar-refractivity contribution in [3.8, 4) is 5.69 Å². The molecule has 3 aromatic rings. The standard InChI is InChI=1S/C15H13Cl2N5O2/c1-3-9-11(10(4-2)19-6-18-9)22-13-7(14(23)21-15(22)24)5-8(16)12(17)20-13/h5-6H,3-4H2,1-2H3,(H,21,23,24). The first-order valence-electron chi connectivity index (χ1n) is 7.32. The third-order valence-corrected chi connectivity index (χ3v) is 4.33. The monoisotopic (exact) mass is 365 g/mol. The molecule has 0 amide bonds. The average Bonchev–Trinajstić information content (AvgIpc) is 2.56. The molecule has 9 heteroatoms. The molecule has 3 aromatic heterocycles. The molecule has 124 valence electrons. The fourth-order valence-electron chi connectivity index (χ4n) is 2.55. The van der Waals surface area contributed by atoms with E-state index in [4.69, 9.17) is 23.2 Å². The van der Waals surface area contributed by atoms with Crippen LogP contribution in [0.4, 0.5) is 0 Å². The predicted molar refractivity (Wildman–Crippen MR) is 92.3 cm³/mol. The van der Waals surface area contributed by atoms with E-state index in [-0.39, 0.29) is 21.2 Å². The van der Waals surface area contributed by atoms with Crippen molar-refractivity contribution in [2.75, 3.05) is 0 Å². The first-order chi connectivity index (χ1) is 11.5. The summed E-state index contributed by atoms with van der Waals surface area (Å²) >= 11 is 12.0. The third-order valence-electron chi connectivity index (χ3n) is 3.66. The van der Waals surface area contributed by atoms with Crippen LogP contribution in [0.1, 0.15) is 25.2 Å². The molecule has 0 unspecified atom stereocenters. The average molecular weight is 366 g/mol. The maximum Gasteiger partial charge on any atom is 0.334 e. The fourth-order valence-corrected chi connectivity index (χ4v) is 2.84. The van der Waals surface area contributed by atoms with Crippen molar-refractivity contribution in [1.29, 1.82) is 0 Å². The van der Waals surface area contributed by atoms with Crippen LogP contribution in [0.5, 0.6) is 0 Å². The van der Waals surface area contributed by atoms with Crippen LogP contribution < -0.4 is 11.2 Å². The summed E-state index contributed by atoms with van der Waals surface area (Å²) in [5.41, 5.74) is 0.773. The Bertz CT molecular complexity index is 1040. The Morgan fingerprint density at radius 3 is 2.33 bits per heavy atom. The topological polar surface area (TPSA) is 93.5 Å². The number of H-pyrrole nitrogens is 1.